The zero-order valence-corrected chi connectivity index (χ0v) is 19.7. The fourth-order valence-electron chi connectivity index (χ4n) is 4.14. The van der Waals surface area contributed by atoms with E-state index in [-0.39, 0.29) is 12.4 Å². The average molecular weight is 476 g/mol. The minimum absolute atomic E-state index is 0.155. The van der Waals surface area contributed by atoms with Crippen LogP contribution in [0.15, 0.2) is 66.7 Å². The van der Waals surface area contributed by atoms with Crippen molar-refractivity contribution in [1.82, 2.24) is 4.57 Å². The molecule has 1 atom stereocenters. The molecule has 0 amide bonds. The summed E-state index contributed by atoms with van der Waals surface area (Å²) >= 11 is 0. The second-order valence-electron chi connectivity index (χ2n) is 8.35. The first-order valence-electron chi connectivity index (χ1n) is 11.2. The molecule has 0 bridgehead atoms. The zero-order valence-electron chi connectivity index (χ0n) is 19.7. The number of methoxy groups -OCH3 is 1. The molecule has 0 saturated heterocycles. The van der Waals surface area contributed by atoms with Crippen LogP contribution in [0.25, 0.3) is 10.9 Å². The van der Waals surface area contributed by atoms with E-state index in [0.29, 0.717) is 40.0 Å². The van der Waals surface area contributed by atoms with E-state index in [4.69, 9.17) is 14.6 Å². The quantitative estimate of drug-likeness (QED) is 0.330. The lowest BCUT2D eigenvalue weighted by Crippen LogP contribution is -2.19. The molecule has 7 heteroatoms. The summed E-state index contributed by atoms with van der Waals surface area (Å²) in [5.41, 5.74) is 3.81. The second-order valence-corrected chi connectivity index (χ2v) is 8.35. The Bertz CT molecular complexity index is 1390. The molecule has 1 aromatic heterocycles. The van der Waals surface area contributed by atoms with Crippen LogP contribution < -0.4 is 4.74 Å². The number of benzene rings is 3. The lowest BCUT2D eigenvalue weighted by Gasteiger charge is -2.12. The number of carbonyl (C=O) groups excluding carboxylic acids is 1. The van der Waals surface area contributed by atoms with Crippen LogP contribution in [0.5, 0.6) is 5.75 Å². The van der Waals surface area contributed by atoms with Crippen LogP contribution in [-0.4, -0.2) is 34.6 Å². The van der Waals surface area contributed by atoms with E-state index in [9.17, 15) is 9.59 Å². The highest BCUT2D eigenvalue weighted by Gasteiger charge is 2.24. The van der Waals surface area contributed by atoms with Crippen LogP contribution in [0, 0.1) is 12.7 Å². The normalized spacial score (nSPS) is 12.0. The highest BCUT2D eigenvalue weighted by molar-refractivity contribution is 6.17. The number of halogens is 1. The van der Waals surface area contributed by atoms with Crippen molar-refractivity contribution in [2.45, 2.75) is 33.1 Å². The predicted molar refractivity (Wildman–Crippen MR) is 130 cm³/mol. The Kier molecular flexibility index (Phi) is 6.98. The summed E-state index contributed by atoms with van der Waals surface area (Å²) in [6.07, 6.45) is -0.913. The van der Waals surface area contributed by atoms with Gasteiger partial charge in [0, 0.05) is 23.2 Å². The van der Waals surface area contributed by atoms with Crippen LogP contribution in [0.2, 0.25) is 0 Å². The maximum absolute atomic E-state index is 15.0. The molecule has 0 aliphatic rings. The van der Waals surface area contributed by atoms with Crippen LogP contribution in [0.3, 0.4) is 0 Å². The van der Waals surface area contributed by atoms with Gasteiger partial charge in [0.15, 0.2) is 11.9 Å². The number of aliphatic carboxylic acids is 1. The molecule has 0 radical (unpaired) electrons. The number of ether oxygens (including phenoxy) is 2. The molecular weight excluding hydrogens is 449 g/mol. The maximum atomic E-state index is 15.0. The number of nitrogens with zero attached hydrogens (tertiary/aromatic N) is 1. The third kappa shape index (κ3) is 4.95. The summed E-state index contributed by atoms with van der Waals surface area (Å²) in [7, 11) is 1.55. The summed E-state index contributed by atoms with van der Waals surface area (Å²) < 4.78 is 27.5. The first kappa shape index (κ1) is 24.2. The van der Waals surface area contributed by atoms with Crippen LogP contribution in [-0.2, 0) is 22.7 Å². The van der Waals surface area contributed by atoms with Gasteiger partial charge >= 0.3 is 5.97 Å². The Morgan fingerprint density at radius 2 is 1.71 bits per heavy atom. The van der Waals surface area contributed by atoms with Crippen molar-refractivity contribution in [3.05, 3.63) is 100 Å². The van der Waals surface area contributed by atoms with E-state index in [1.54, 1.807) is 43.5 Å². The summed E-state index contributed by atoms with van der Waals surface area (Å²) in [5, 5.41) is 9.32. The largest absolute Gasteiger partial charge is 0.497 e. The molecule has 35 heavy (non-hydrogen) atoms. The molecule has 0 saturated carbocycles. The van der Waals surface area contributed by atoms with Gasteiger partial charge < -0.3 is 19.1 Å². The molecule has 1 heterocycles. The van der Waals surface area contributed by atoms with Gasteiger partial charge in [-0.3, -0.25) is 4.79 Å². The van der Waals surface area contributed by atoms with Crippen LogP contribution in [0.1, 0.15) is 39.7 Å². The molecule has 4 rings (SSSR count). The first-order chi connectivity index (χ1) is 16.8. The number of fused-ring (bicyclic) bond motifs is 1. The lowest BCUT2D eigenvalue weighted by molar-refractivity contribution is -0.149. The molecular formula is C28H26FNO5. The minimum Gasteiger partial charge on any atom is -0.497 e. The highest BCUT2D eigenvalue weighted by Crippen LogP contribution is 2.31. The van der Waals surface area contributed by atoms with Crippen molar-refractivity contribution in [3.8, 4) is 5.75 Å². The predicted octanol–water partition coefficient (Wildman–Crippen LogP) is 5.37. The van der Waals surface area contributed by atoms with E-state index >= 15 is 4.39 Å². The van der Waals surface area contributed by atoms with Gasteiger partial charge in [-0.15, -0.1) is 0 Å². The van der Waals surface area contributed by atoms with Crippen molar-refractivity contribution in [2.24, 2.45) is 0 Å². The molecule has 3 aromatic carbocycles. The number of aromatic nitrogens is 1. The van der Waals surface area contributed by atoms with Gasteiger partial charge in [0.25, 0.3) is 0 Å². The number of ketones is 1. The Morgan fingerprint density at radius 3 is 2.40 bits per heavy atom. The minimum atomic E-state index is -1.02. The van der Waals surface area contributed by atoms with Gasteiger partial charge in [-0.2, -0.15) is 0 Å². The average Bonchev–Trinajstić information content (AvgIpc) is 3.14. The number of carboxylic acid groups (broad SMARTS) is 1. The fraction of sp³-hybridized carbons (Fsp3) is 0.214. The SMILES string of the molecule is COc1ccc(C(=O)c2c(C)n(Cc3cccc(CO[C@@H](C)C(=O)O)c3)c3cccc(F)c23)cc1. The smallest absolute Gasteiger partial charge is 0.332 e. The van der Waals surface area contributed by atoms with E-state index in [1.807, 2.05) is 35.8 Å². The van der Waals surface area contributed by atoms with Gasteiger partial charge in [-0.25, -0.2) is 9.18 Å². The summed E-state index contributed by atoms with van der Waals surface area (Å²) in [4.78, 5) is 24.5. The Morgan fingerprint density at radius 1 is 1.03 bits per heavy atom. The summed E-state index contributed by atoms with van der Waals surface area (Å²) in [6.45, 7) is 3.86. The molecule has 180 valence electrons. The van der Waals surface area contributed by atoms with Crippen molar-refractivity contribution in [3.63, 3.8) is 0 Å². The molecule has 0 fully saturated rings. The molecule has 4 aromatic rings. The van der Waals surface area contributed by atoms with Gasteiger partial charge in [0.1, 0.15) is 11.6 Å². The van der Waals surface area contributed by atoms with Crippen molar-refractivity contribution in [2.75, 3.05) is 7.11 Å². The van der Waals surface area contributed by atoms with E-state index in [1.165, 1.54) is 13.0 Å². The monoisotopic (exact) mass is 475 g/mol. The van der Waals surface area contributed by atoms with Crippen LogP contribution >= 0.6 is 0 Å². The van der Waals surface area contributed by atoms with Gasteiger partial charge in [0.05, 0.1) is 24.8 Å². The zero-order chi connectivity index (χ0) is 25.1. The number of hydrogen-bond acceptors (Lipinski definition) is 4. The molecule has 0 aliphatic heterocycles. The standard InChI is InChI=1S/C28H26FNO5/c1-17-25(27(31)21-10-12-22(34-3)13-11-21)26-23(29)8-5-9-24(26)30(17)15-19-6-4-7-20(14-19)16-35-18(2)28(32)33/h4-14,18H,15-16H2,1-3H3,(H,32,33)/t18-/m0/s1. The van der Waals surface area contributed by atoms with E-state index in [0.717, 1.165) is 11.1 Å². The number of carbonyl (C=O) groups is 2. The number of rotatable bonds is 9. The van der Waals surface area contributed by atoms with Gasteiger partial charge in [-0.05, 0) is 61.4 Å². The number of carboxylic acids is 1. The highest BCUT2D eigenvalue weighted by atomic mass is 19.1. The van der Waals surface area contributed by atoms with Crippen molar-refractivity contribution in [1.29, 1.82) is 0 Å². The molecule has 0 spiro atoms. The first-order valence-corrected chi connectivity index (χ1v) is 11.2. The van der Waals surface area contributed by atoms with Crippen LogP contribution in [0.4, 0.5) is 4.39 Å². The Labute approximate surface area is 202 Å². The van der Waals surface area contributed by atoms with Crippen molar-refractivity contribution >= 4 is 22.7 Å². The van der Waals surface area contributed by atoms with E-state index < -0.39 is 17.9 Å². The molecule has 0 unspecified atom stereocenters. The fourth-order valence-corrected chi connectivity index (χ4v) is 4.14. The third-order valence-corrected chi connectivity index (χ3v) is 6.06. The summed E-state index contributed by atoms with van der Waals surface area (Å²) in [6, 6.07) is 19.1. The third-order valence-electron chi connectivity index (χ3n) is 6.06. The molecule has 6 nitrogen and oxygen atoms in total. The lowest BCUT2D eigenvalue weighted by atomic mass is 10.00. The maximum Gasteiger partial charge on any atom is 0.332 e. The van der Waals surface area contributed by atoms with Gasteiger partial charge in [-0.1, -0.05) is 30.3 Å². The summed E-state index contributed by atoms with van der Waals surface area (Å²) in [5.74, 6) is -1.10. The second kappa shape index (κ2) is 10.1. The van der Waals surface area contributed by atoms with E-state index in [2.05, 4.69) is 0 Å². The molecule has 1 N–H and O–H groups in total. The number of hydrogen-bond donors (Lipinski definition) is 1. The topological polar surface area (TPSA) is 77.8 Å². The van der Waals surface area contributed by atoms with Gasteiger partial charge in [0.2, 0.25) is 0 Å². The Balaban J connectivity index is 1.71. The van der Waals surface area contributed by atoms with Crippen molar-refractivity contribution < 1.29 is 28.6 Å². The Hall–Kier alpha value is -3.97. The molecule has 0 aliphatic carbocycles.